The third-order valence-corrected chi connectivity index (χ3v) is 3.78. The van der Waals surface area contributed by atoms with Crippen molar-refractivity contribution in [2.75, 3.05) is 6.61 Å². The molecule has 8 heteroatoms. The molecule has 0 bridgehead atoms. The number of esters is 3. The number of rotatable bonds is 6. The minimum absolute atomic E-state index is 0.104. The van der Waals surface area contributed by atoms with Gasteiger partial charge >= 0.3 is 17.9 Å². The summed E-state index contributed by atoms with van der Waals surface area (Å²) < 4.78 is 21.1. The van der Waals surface area contributed by atoms with Crippen LogP contribution in [0.3, 0.4) is 0 Å². The number of hydrogen-bond acceptors (Lipinski definition) is 8. The zero-order valence-corrected chi connectivity index (χ0v) is 14.6. The highest BCUT2D eigenvalue weighted by Gasteiger charge is 2.47. The summed E-state index contributed by atoms with van der Waals surface area (Å²) >= 11 is 0. The summed E-state index contributed by atoms with van der Waals surface area (Å²) in [6.45, 7) is 6.79. The summed E-state index contributed by atoms with van der Waals surface area (Å²) in [6, 6.07) is 0. The van der Waals surface area contributed by atoms with Crippen LogP contribution in [-0.4, -0.2) is 48.8 Å². The first-order valence-electron chi connectivity index (χ1n) is 7.74. The molecule has 0 N–H and O–H groups in total. The van der Waals surface area contributed by atoms with Crippen molar-refractivity contribution >= 4 is 23.7 Å². The molecule has 0 aromatic carbocycles. The number of ketones is 1. The van der Waals surface area contributed by atoms with Gasteiger partial charge in [0.2, 0.25) is 6.29 Å². The molecule has 136 valence electrons. The second kappa shape index (κ2) is 8.77. The number of Topliss-reactive ketones (excluding diaryl/α,β-unsaturated/α-hetero) is 1. The molecule has 0 saturated carbocycles. The van der Waals surface area contributed by atoms with Crippen molar-refractivity contribution in [2.45, 2.75) is 59.5 Å². The molecule has 0 radical (unpaired) electrons. The van der Waals surface area contributed by atoms with E-state index in [0.29, 0.717) is 0 Å². The number of carbonyl (C=O) groups excluding carboxylic acids is 4. The van der Waals surface area contributed by atoms with E-state index in [1.165, 1.54) is 27.7 Å². The largest absolute Gasteiger partial charge is 0.463 e. The first-order valence-corrected chi connectivity index (χ1v) is 7.74. The minimum atomic E-state index is -0.978. The van der Waals surface area contributed by atoms with Crippen LogP contribution >= 0.6 is 0 Å². The van der Waals surface area contributed by atoms with Crippen molar-refractivity contribution in [1.82, 2.24) is 0 Å². The monoisotopic (exact) mass is 344 g/mol. The third kappa shape index (κ3) is 5.92. The second-order valence-corrected chi connectivity index (χ2v) is 5.96. The highest BCUT2D eigenvalue weighted by atomic mass is 16.7. The van der Waals surface area contributed by atoms with Crippen LogP contribution in [0.5, 0.6) is 0 Å². The lowest BCUT2D eigenvalue weighted by molar-refractivity contribution is -0.268. The van der Waals surface area contributed by atoms with Crippen LogP contribution in [0.25, 0.3) is 0 Å². The van der Waals surface area contributed by atoms with Crippen LogP contribution in [0, 0.1) is 11.8 Å². The SMILES string of the molecule is CC(=O)CC1C(OC(C)=O)OC(COC(C)=O)C(OC(C)=O)C1C. The van der Waals surface area contributed by atoms with Gasteiger partial charge in [-0.25, -0.2) is 0 Å². The van der Waals surface area contributed by atoms with Gasteiger partial charge < -0.3 is 23.7 Å². The molecule has 0 spiro atoms. The van der Waals surface area contributed by atoms with Gasteiger partial charge in [0, 0.05) is 39.0 Å². The minimum Gasteiger partial charge on any atom is -0.463 e. The Kier molecular flexibility index (Phi) is 7.34. The van der Waals surface area contributed by atoms with Crippen LogP contribution in [0.4, 0.5) is 0 Å². The third-order valence-electron chi connectivity index (χ3n) is 3.78. The first kappa shape index (κ1) is 20.1. The Bertz CT molecular complexity index is 498. The van der Waals surface area contributed by atoms with Gasteiger partial charge in [-0.1, -0.05) is 6.92 Å². The summed E-state index contributed by atoms with van der Waals surface area (Å²) in [5.74, 6) is -2.50. The molecule has 1 saturated heterocycles. The molecular formula is C16H24O8. The van der Waals surface area contributed by atoms with E-state index >= 15 is 0 Å². The molecule has 0 aromatic rings. The van der Waals surface area contributed by atoms with Gasteiger partial charge in [-0.2, -0.15) is 0 Å². The van der Waals surface area contributed by atoms with Crippen LogP contribution in [0.1, 0.15) is 41.0 Å². The summed E-state index contributed by atoms with van der Waals surface area (Å²) in [5, 5.41) is 0. The van der Waals surface area contributed by atoms with E-state index in [1.54, 1.807) is 6.92 Å². The number of hydrogen-bond donors (Lipinski definition) is 0. The maximum atomic E-state index is 11.5. The Balaban J connectivity index is 3.04. The quantitative estimate of drug-likeness (QED) is 0.519. The topological polar surface area (TPSA) is 105 Å². The molecule has 1 aliphatic rings. The van der Waals surface area contributed by atoms with Gasteiger partial charge in [0.15, 0.2) is 0 Å². The average molecular weight is 344 g/mol. The molecule has 1 aliphatic heterocycles. The predicted molar refractivity (Wildman–Crippen MR) is 80.6 cm³/mol. The van der Waals surface area contributed by atoms with E-state index < -0.39 is 42.3 Å². The van der Waals surface area contributed by atoms with Gasteiger partial charge in [0.25, 0.3) is 0 Å². The van der Waals surface area contributed by atoms with Crippen molar-refractivity contribution in [3.63, 3.8) is 0 Å². The maximum Gasteiger partial charge on any atom is 0.304 e. The van der Waals surface area contributed by atoms with Crippen molar-refractivity contribution in [2.24, 2.45) is 11.8 Å². The van der Waals surface area contributed by atoms with Crippen molar-refractivity contribution in [1.29, 1.82) is 0 Å². The predicted octanol–water partition coefficient (Wildman–Crippen LogP) is 1.00. The molecule has 1 heterocycles. The molecule has 24 heavy (non-hydrogen) atoms. The van der Waals surface area contributed by atoms with Crippen molar-refractivity contribution < 1.29 is 38.1 Å². The Hall–Kier alpha value is -1.96. The number of ether oxygens (including phenoxy) is 4. The Morgan fingerprint density at radius 1 is 0.917 bits per heavy atom. The fourth-order valence-corrected chi connectivity index (χ4v) is 2.78. The molecule has 1 fully saturated rings. The molecule has 5 atom stereocenters. The van der Waals surface area contributed by atoms with Crippen LogP contribution in [-0.2, 0) is 38.1 Å². The van der Waals surface area contributed by atoms with E-state index in [2.05, 4.69) is 0 Å². The average Bonchev–Trinajstić information content (AvgIpc) is 2.42. The second-order valence-electron chi connectivity index (χ2n) is 5.96. The highest BCUT2D eigenvalue weighted by Crippen LogP contribution is 2.36. The maximum absolute atomic E-state index is 11.5. The van der Waals surface area contributed by atoms with Crippen LogP contribution < -0.4 is 0 Å². The standard InChI is InChI=1S/C16H24O8/c1-8(17)6-13-9(2)15(22-11(4)19)14(7-21-10(3)18)24-16(13)23-12(5)20/h9,13-16H,6-7H2,1-5H3. The van der Waals surface area contributed by atoms with Gasteiger partial charge in [0.1, 0.15) is 24.6 Å². The summed E-state index contributed by atoms with van der Waals surface area (Å²) in [5.41, 5.74) is 0. The molecule has 0 aromatic heterocycles. The van der Waals surface area contributed by atoms with Crippen LogP contribution in [0.15, 0.2) is 0 Å². The Morgan fingerprint density at radius 2 is 1.50 bits per heavy atom. The van der Waals surface area contributed by atoms with Crippen molar-refractivity contribution in [3.05, 3.63) is 0 Å². The van der Waals surface area contributed by atoms with E-state index in [0.717, 1.165) is 0 Å². The van der Waals surface area contributed by atoms with E-state index in [1.807, 2.05) is 0 Å². The summed E-state index contributed by atoms with van der Waals surface area (Å²) in [6.07, 6.45) is -2.39. The van der Waals surface area contributed by atoms with E-state index in [-0.39, 0.29) is 24.7 Å². The first-order chi connectivity index (χ1) is 11.1. The fourth-order valence-electron chi connectivity index (χ4n) is 2.78. The van der Waals surface area contributed by atoms with Gasteiger partial charge in [-0.15, -0.1) is 0 Å². The molecule has 5 unspecified atom stereocenters. The Labute approximate surface area is 140 Å². The summed E-state index contributed by atoms with van der Waals surface area (Å²) in [7, 11) is 0. The van der Waals surface area contributed by atoms with Gasteiger partial charge in [0.05, 0.1) is 0 Å². The number of carbonyl (C=O) groups is 4. The van der Waals surface area contributed by atoms with Crippen molar-refractivity contribution in [3.8, 4) is 0 Å². The van der Waals surface area contributed by atoms with E-state index in [4.69, 9.17) is 18.9 Å². The van der Waals surface area contributed by atoms with E-state index in [9.17, 15) is 19.2 Å². The molecule has 8 nitrogen and oxygen atoms in total. The molecular weight excluding hydrogens is 320 g/mol. The Morgan fingerprint density at radius 3 is 1.96 bits per heavy atom. The highest BCUT2D eigenvalue weighted by molar-refractivity contribution is 5.76. The van der Waals surface area contributed by atoms with Gasteiger partial charge in [-0.05, 0) is 6.92 Å². The van der Waals surface area contributed by atoms with Gasteiger partial charge in [-0.3, -0.25) is 14.4 Å². The zero-order valence-electron chi connectivity index (χ0n) is 14.6. The molecule has 0 aliphatic carbocycles. The molecule has 1 rings (SSSR count). The smallest absolute Gasteiger partial charge is 0.304 e. The lowest BCUT2D eigenvalue weighted by Crippen LogP contribution is -2.54. The lowest BCUT2D eigenvalue weighted by Gasteiger charge is -2.44. The lowest BCUT2D eigenvalue weighted by atomic mass is 9.80. The normalized spacial score (nSPS) is 29.5. The fraction of sp³-hybridized carbons (Fsp3) is 0.750. The van der Waals surface area contributed by atoms with Crippen LogP contribution in [0.2, 0.25) is 0 Å². The molecule has 0 amide bonds. The summed E-state index contributed by atoms with van der Waals surface area (Å²) in [4.78, 5) is 45.3. The zero-order chi connectivity index (χ0) is 18.4.